The van der Waals surface area contributed by atoms with Gasteiger partial charge in [-0.2, -0.15) is 13.2 Å². The number of anilines is 1. The molecule has 0 atom stereocenters. The van der Waals surface area contributed by atoms with Crippen molar-refractivity contribution in [2.24, 2.45) is 5.92 Å². The van der Waals surface area contributed by atoms with Crippen LogP contribution in [0, 0.1) is 5.92 Å². The number of hydrogen-bond acceptors (Lipinski definition) is 4. The Bertz CT molecular complexity index is 598. The van der Waals surface area contributed by atoms with E-state index in [0.29, 0.717) is 18.8 Å². The SMILES string of the molecule is O=C(O)CN(CC1CC1)C1CC(Nc2ncccc2C(F)(F)F)C1. The molecule has 1 heterocycles. The van der Waals surface area contributed by atoms with Crippen LogP contribution in [0.25, 0.3) is 0 Å². The molecule has 0 unspecified atom stereocenters. The van der Waals surface area contributed by atoms with Crippen molar-refractivity contribution in [3.8, 4) is 0 Å². The number of aromatic nitrogens is 1. The molecule has 2 N–H and O–H groups in total. The smallest absolute Gasteiger partial charge is 0.419 e. The van der Waals surface area contributed by atoms with Gasteiger partial charge in [-0.3, -0.25) is 9.69 Å². The highest BCUT2D eigenvalue weighted by atomic mass is 19.4. The van der Waals surface area contributed by atoms with Gasteiger partial charge in [-0.05, 0) is 43.7 Å². The lowest BCUT2D eigenvalue weighted by molar-refractivity contribution is -0.140. The fourth-order valence-corrected chi connectivity index (χ4v) is 3.09. The molecule has 0 amide bonds. The number of nitrogens with zero attached hydrogens (tertiary/aromatic N) is 2. The third-order valence-electron chi connectivity index (χ3n) is 4.61. The van der Waals surface area contributed by atoms with Crippen molar-refractivity contribution < 1.29 is 23.1 Å². The molecule has 0 aromatic carbocycles. The fraction of sp³-hybridized carbons (Fsp3) is 0.625. The minimum Gasteiger partial charge on any atom is -0.480 e. The average molecular weight is 343 g/mol. The van der Waals surface area contributed by atoms with Gasteiger partial charge in [0.05, 0.1) is 12.1 Å². The standard InChI is InChI=1S/C16H20F3N3O2/c17-16(18,19)13-2-1-5-20-15(13)21-11-6-12(7-11)22(9-14(23)24)8-10-3-4-10/h1-2,5,10-12H,3-4,6-9H2,(H,20,21)(H,23,24). The first kappa shape index (κ1) is 17.0. The Kier molecular flexibility index (Phi) is 4.67. The van der Waals surface area contributed by atoms with Crippen molar-refractivity contribution in [2.75, 3.05) is 18.4 Å². The summed E-state index contributed by atoms with van der Waals surface area (Å²) in [7, 11) is 0. The minimum absolute atomic E-state index is 0.00866. The number of carbonyl (C=O) groups is 1. The van der Waals surface area contributed by atoms with Crippen LogP contribution in [-0.4, -0.2) is 46.1 Å². The van der Waals surface area contributed by atoms with Gasteiger partial charge in [-0.15, -0.1) is 0 Å². The average Bonchev–Trinajstić information content (AvgIpc) is 3.24. The summed E-state index contributed by atoms with van der Waals surface area (Å²) in [6, 6.07) is 2.27. The lowest BCUT2D eigenvalue weighted by Crippen LogP contribution is -2.52. The van der Waals surface area contributed by atoms with Crippen LogP contribution in [0.5, 0.6) is 0 Å². The van der Waals surface area contributed by atoms with Crippen molar-refractivity contribution in [3.05, 3.63) is 23.9 Å². The number of hydrogen-bond donors (Lipinski definition) is 2. The van der Waals surface area contributed by atoms with E-state index in [4.69, 9.17) is 5.11 Å². The van der Waals surface area contributed by atoms with E-state index in [2.05, 4.69) is 10.3 Å². The zero-order chi connectivity index (χ0) is 17.3. The number of pyridine rings is 1. The van der Waals surface area contributed by atoms with Crippen LogP contribution < -0.4 is 5.32 Å². The number of halogens is 3. The second-order valence-electron chi connectivity index (χ2n) is 6.63. The summed E-state index contributed by atoms with van der Waals surface area (Å²) in [5.41, 5.74) is -0.770. The maximum atomic E-state index is 13.0. The summed E-state index contributed by atoms with van der Waals surface area (Å²) in [5, 5.41) is 11.9. The minimum atomic E-state index is -4.44. The molecule has 5 nitrogen and oxygen atoms in total. The Balaban J connectivity index is 1.57. The van der Waals surface area contributed by atoms with Crippen LogP contribution in [0.3, 0.4) is 0 Å². The normalized spacial score (nSPS) is 23.8. The molecular formula is C16H20F3N3O2. The molecule has 3 rings (SSSR count). The van der Waals surface area contributed by atoms with E-state index < -0.39 is 17.7 Å². The second kappa shape index (κ2) is 6.58. The van der Waals surface area contributed by atoms with Gasteiger partial charge in [0, 0.05) is 24.8 Å². The molecular weight excluding hydrogens is 323 g/mol. The summed E-state index contributed by atoms with van der Waals surface area (Å²) in [6.07, 6.45) is 0.418. The number of carboxylic acid groups (broad SMARTS) is 1. The maximum Gasteiger partial charge on any atom is 0.419 e. The molecule has 0 saturated heterocycles. The van der Waals surface area contributed by atoms with Gasteiger partial charge in [0.25, 0.3) is 0 Å². The van der Waals surface area contributed by atoms with E-state index in [9.17, 15) is 18.0 Å². The van der Waals surface area contributed by atoms with E-state index >= 15 is 0 Å². The van der Waals surface area contributed by atoms with Crippen molar-refractivity contribution in [1.29, 1.82) is 0 Å². The van der Waals surface area contributed by atoms with E-state index in [1.165, 1.54) is 12.3 Å². The maximum absolute atomic E-state index is 13.0. The molecule has 8 heteroatoms. The molecule has 2 aliphatic carbocycles. The molecule has 1 aromatic rings. The monoisotopic (exact) mass is 343 g/mol. The molecule has 0 aliphatic heterocycles. The first-order valence-corrected chi connectivity index (χ1v) is 8.07. The molecule has 0 bridgehead atoms. The molecule has 0 spiro atoms. The first-order valence-electron chi connectivity index (χ1n) is 8.07. The number of rotatable bonds is 7. The number of carboxylic acids is 1. The third kappa shape index (κ3) is 4.17. The van der Waals surface area contributed by atoms with Crippen molar-refractivity contribution in [1.82, 2.24) is 9.88 Å². The van der Waals surface area contributed by atoms with Crippen LogP contribution in [0.1, 0.15) is 31.2 Å². The largest absolute Gasteiger partial charge is 0.480 e. The van der Waals surface area contributed by atoms with Gasteiger partial charge in [-0.25, -0.2) is 4.98 Å². The van der Waals surface area contributed by atoms with E-state index in [0.717, 1.165) is 25.5 Å². The van der Waals surface area contributed by atoms with Crippen LogP contribution >= 0.6 is 0 Å². The fourth-order valence-electron chi connectivity index (χ4n) is 3.09. The van der Waals surface area contributed by atoms with Gasteiger partial charge in [-0.1, -0.05) is 0 Å². The molecule has 2 aliphatic rings. The van der Waals surface area contributed by atoms with Crippen molar-refractivity contribution >= 4 is 11.8 Å². The van der Waals surface area contributed by atoms with Crippen molar-refractivity contribution in [3.63, 3.8) is 0 Å². The van der Waals surface area contributed by atoms with Crippen LogP contribution in [0.4, 0.5) is 19.0 Å². The molecule has 132 valence electrons. The lowest BCUT2D eigenvalue weighted by atomic mass is 9.85. The highest BCUT2D eigenvalue weighted by Crippen LogP contribution is 2.37. The Morgan fingerprint density at radius 2 is 2.08 bits per heavy atom. The summed E-state index contributed by atoms with van der Waals surface area (Å²) in [6.45, 7) is 0.756. The zero-order valence-electron chi connectivity index (χ0n) is 13.1. The highest BCUT2D eigenvalue weighted by molar-refractivity contribution is 5.69. The van der Waals surface area contributed by atoms with Crippen LogP contribution in [0.15, 0.2) is 18.3 Å². The van der Waals surface area contributed by atoms with E-state index in [1.54, 1.807) is 0 Å². The summed E-state index contributed by atoms with van der Waals surface area (Å²) in [5.74, 6) is -0.444. The van der Waals surface area contributed by atoms with E-state index in [-0.39, 0.29) is 24.4 Å². The molecule has 1 aromatic heterocycles. The summed E-state index contributed by atoms with van der Waals surface area (Å²) >= 11 is 0. The predicted molar refractivity (Wildman–Crippen MR) is 81.6 cm³/mol. The van der Waals surface area contributed by atoms with Gasteiger partial charge < -0.3 is 10.4 Å². The van der Waals surface area contributed by atoms with Crippen molar-refractivity contribution in [2.45, 2.75) is 43.9 Å². The van der Waals surface area contributed by atoms with E-state index in [1.807, 2.05) is 4.90 Å². The van der Waals surface area contributed by atoms with Gasteiger partial charge in [0.1, 0.15) is 5.82 Å². The van der Waals surface area contributed by atoms with Crippen LogP contribution in [0.2, 0.25) is 0 Å². The number of alkyl halides is 3. The molecule has 24 heavy (non-hydrogen) atoms. The van der Waals surface area contributed by atoms with Gasteiger partial charge in [0.2, 0.25) is 0 Å². The number of aliphatic carboxylic acids is 1. The quantitative estimate of drug-likeness (QED) is 0.797. The molecule has 2 fully saturated rings. The highest BCUT2D eigenvalue weighted by Gasteiger charge is 2.39. The van der Waals surface area contributed by atoms with Gasteiger partial charge >= 0.3 is 12.1 Å². The Hall–Kier alpha value is -1.83. The molecule has 2 saturated carbocycles. The van der Waals surface area contributed by atoms with Gasteiger partial charge in [0.15, 0.2) is 0 Å². The topological polar surface area (TPSA) is 65.5 Å². The second-order valence-corrected chi connectivity index (χ2v) is 6.63. The van der Waals surface area contributed by atoms with Crippen LogP contribution in [-0.2, 0) is 11.0 Å². The number of nitrogens with one attached hydrogen (secondary N) is 1. The third-order valence-corrected chi connectivity index (χ3v) is 4.61. The molecule has 0 radical (unpaired) electrons. The summed E-state index contributed by atoms with van der Waals surface area (Å²) < 4.78 is 38.9. The first-order chi connectivity index (χ1) is 11.3. The Morgan fingerprint density at radius 1 is 1.38 bits per heavy atom. The summed E-state index contributed by atoms with van der Waals surface area (Å²) in [4.78, 5) is 16.7. The Morgan fingerprint density at radius 3 is 2.67 bits per heavy atom. The predicted octanol–water partition coefficient (Wildman–Crippen LogP) is 2.84. The zero-order valence-corrected chi connectivity index (χ0v) is 13.1. The lowest BCUT2D eigenvalue weighted by Gasteiger charge is -2.43. The Labute approximate surface area is 137 Å².